The number of carbonyl (C=O) groups excluding carboxylic acids is 1. The Kier molecular flexibility index (Phi) is 2.69. The summed E-state index contributed by atoms with van der Waals surface area (Å²) in [5.41, 5.74) is 0.0774. The number of nitro groups is 1. The Bertz CT molecular complexity index is 340. The Morgan fingerprint density at radius 2 is 2.25 bits per heavy atom. The summed E-state index contributed by atoms with van der Waals surface area (Å²) in [5, 5.41) is 10.2. The van der Waals surface area contributed by atoms with Crippen LogP contribution in [0.25, 0.3) is 0 Å². The van der Waals surface area contributed by atoms with Crippen LogP contribution in [0.1, 0.15) is 10.5 Å². The van der Waals surface area contributed by atoms with Crippen molar-refractivity contribution in [1.29, 1.82) is 0 Å². The highest BCUT2D eigenvalue weighted by Crippen LogP contribution is 2.13. The minimum Gasteiger partial charge on any atom is -0.358 e. The number of aldehydes is 1. The smallest absolute Gasteiger partial charge is 0.358 e. The summed E-state index contributed by atoms with van der Waals surface area (Å²) in [6, 6.07) is 2.77. The highest BCUT2D eigenvalue weighted by atomic mass is 127. The molecule has 0 fully saturated rings. The van der Waals surface area contributed by atoms with Gasteiger partial charge in [0, 0.05) is 15.7 Å². The second-order valence-electron chi connectivity index (χ2n) is 1.94. The first-order valence-electron chi connectivity index (χ1n) is 2.90. The number of hydrogen-bond donors (Lipinski definition) is 0. The molecule has 6 heteroatoms. The molecule has 1 aromatic rings. The number of rotatable bonds is 2. The number of aromatic nitrogens is 1. The summed E-state index contributed by atoms with van der Waals surface area (Å²) < 4.78 is 0.622. The van der Waals surface area contributed by atoms with E-state index in [-0.39, 0.29) is 11.5 Å². The monoisotopic (exact) mass is 278 g/mol. The topological polar surface area (TPSA) is 73.1 Å². The number of hydrogen-bond acceptors (Lipinski definition) is 4. The SMILES string of the molecule is O=Cc1cc(I)cc([N+](=O)[O-])n1. The second-order valence-corrected chi connectivity index (χ2v) is 3.19. The summed E-state index contributed by atoms with van der Waals surface area (Å²) in [6.45, 7) is 0. The van der Waals surface area contributed by atoms with Gasteiger partial charge in [0.05, 0.1) is 0 Å². The third kappa shape index (κ3) is 1.97. The molecular formula is C6H3IN2O3. The van der Waals surface area contributed by atoms with Crippen molar-refractivity contribution in [3.05, 3.63) is 31.5 Å². The molecule has 12 heavy (non-hydrogen) atoms. The molecule has 0 amide bonds. The molecule has 0 bridgehead atoms. The van der Waals surface area contributed by atoms with Gasteiger partial charge in [-0.05, 0) is 32.5 Å². The van der Waals surface area contributed by atoms with E-state index in [0.29, 0.717) is 9.86 Å². The third-order valence-electron chi connectivity index (χ3n) is 1.10. The number of halogens is 1. The van der Waals surface area contributed by atoms with Crippen LogP contribution in [0.4, 0.5) is 5.82 Å². The fraction of sp³-hybridized carbons (Fsp3) is 0. The zero-order valence-corrected chi connectivity index (χ0v) is 7.89. The van der Waals surface area contributed by atoms with Gasteiger partial charge in [-0.15, -0.1) is 0 Å². The van der Waals surface area contributed by atoms with Crippen molar-refractivity contribution in [3.63, 3.8) is 0 Å². The van der Waals surface area contributed by atoms with E-state index in [2.05, 4.69) is 4.98 Å². The Balaban J connectivity index is 3.23. The quantitative estimate of drug-likeness (QED) is 0.355. The maximum atomic E-state index is 10.2. The molecule has 62 valence electrons. The van der Waals surface area contributed by atoms with Crippen molar-refractivity contribution in [2.24, 2.45) is 0 Å². The first-order valence-corrected chi connectivity index (χ1v) is 3.98. The van der Waals surface area contributed by atoms with Crippen LogP contribution in [0.3, 0.4) is 0 Å². The zero-order valence-electron chi connectivity index (χ0n) is 5.73. The maximum Gasteiger partial charge on any atom is 0.365 e. The molecule has 0 spiro atoms. The molecule has 0 aliphatic rings. The Hall–Kier alpha value is -1.05. The van der Waals surface area contributed by atoms with E-state index < -0.39 is 4.92 Å². The normalized spacial score (nSPS) is 9.42. The van der Waals surface area contributed by atoms with E-state index in [9.17, 15) is 14.9 Å². The summed E-state index contributed by atoms with van der Waals surface area (Å²) in [5.74, 6) is -0.302. The molecule has 5 nitrogen and oxygen atoms in total. The molecule has 1 aromatic heterocycles. The number of nitrogens with zero attached hydrogens (tertiary/aromatic N) is 2. The Labute approximate surface area is 81.1 Å². The van der Waals surface area contributed by atoms with Crippen molar-refractivity contribution in [3.8, 4) is 0 Å². The lowest BCUT2D eigenvalue weighted by atomic mass is 10.4. The zero-order chi connectivity index (χ0) is 9.14. The largest absolute Gasteiger partial charge is 0.365 e. The van der Waals surface area contributed by atoms with Crippen LogP contribution in [-0.4, -0.2) is 16.2 Å². The fourth-order valence-electron chi connectivity index (χ4n) is 0.657. The molecule has 1 heterocycles. The van der Waals surface area contributed by atoms with Gasteiger partial charge in [0.25, 0.3) is 0 Å². The average molecular weight is 278 g/mol. The van der Waals surface area contributed by atoms with Crippen molar-refractivity contribution < 1.29 is 9.72 Å². The molecule has 0 saturated carbocycles. The second kappa shape index (κ2) is 3.57. The summed E-state index contributed by atoms with van der Waals surface area (Å²) >= 11 is 1.88. The molecule has 0 unspecified atom stereocenters. The van der Waals surface area contributed by atoms with Crippen LogP contribution in [0.5, 0.6) is 0 Å². The fourth-order valence-corrected chi connectivity index (χ4v) is 1.25. The molecule has 0 atom stereocenters. The lowest BCUT2D eigenvalue weighted by Crippen LogP contribution is -1.96. The predicted octanol–water partition coefficient (Wildman–Crippen LogP) is 1.41. The number of pyridine rings is 1. The van der Waals surface area contributed by atoms with Gasteiger partial charge in [0.1, 0.15) is 0 Å². The van der Waals surface area contributed by atoms with Crippen LogP contribution < -0.4 is 0 Å². The van der Waals surface area contributed by atoms with Gasteiger partial charge in [-0.1, -0.05) is 0 Å². The van der Waals surface area contributed by atoms with Crippen LogP contribution in [0.2, 0.25) is 0 Å². The van der Waals surface area contributed by atoms with Crippen LogP contribution >= 0.6 is 22.6 Å². The van der Waals surface area contributed by atoms with E-state index in [1.54, 1.807) is 0 Å². The van der Waals surface area contributed by atoms with E-state index in [4.69, 9.17) is 0 Å². The Morgan fingerprint density at radius 3 is 2.75 bits per heavy atom. The van der Waals surface area contributed by atoms with Gasteiger partial charge in [-0.3, -0.25) is 4.79 Å². The van der Waals surface area contributed by atoms with Crippen LogP contribution in [-0.2, 0) is 0 Å². The van der Waals surface area contributed by atoms with Gasteiger partial charge in [-0.25, -0.2) is 0 Å². The summed E-state index contributed by atoms with van der Waals surface area (Å²) in [4.78, 5) is 23.3. The highest BCUT2D eigenvalue weighted by molar-refractivity contribution is 14.1. The van der Waals surface area contributed by atoms with E-state index >= 15 is 0 Å². The lowest BCUT2D eigenvalue weighted by Gasteiger charge is -1.92. The summed E-state index contributed by atoms with van der Waals surface area (Å²) in [7, 11) is 0. The van der Waals surface area contributed by atoms with Gasteiger partial charge in [-0.2, -0.15) is 0 Å². The first-order chi connectivity index (χ1) is 5.63. The minimum atomic E-state index is -0.630. The van der Waals surface area contributed by atoms with Gasteiger partial charge < -0.3 is 10.1 Å². The van der Waals surface area contributed by atoms with E-state index in [1.807, 2.05) is 22.6 Å². The van der Waals surface area contributed by atoms with Gasteiger partial charge >= 0.3 is 5.82 Å². The minimum absolute atomic E-state index is 0.0774. The van der Waals surface area contributed by atoms with Crippen LogP contribution in [0.15, 0.2) is 12.1 Å². The van der Waals surface area contributed by atoms with E-state index in [0.717, 1.165) is 0 Å². The highest BCUT2D eigenvalue weighted by Gasteiger charge is 2.10. The molecular weight excluding hydrogens is 275 g/mol. The Morgan fingerprint density at radius 1 is 1.58 bits per heavy atom. The third-order valence-corrected chi connectivity index (χ3v) is 1.73. The molecule has 0 aliphatic carbocycles. The molecule has 0 saturated heterocycles. The first kappa shape index (κ1) is 9.04. The van der Waals surface area contributed by atoms with Crippen molar-refractivity contribution in [2.45, 2.75) is 0 Å². The number of carbonyl (C=O) groups is 1. The average Bonchev–Trinajstić information content (AvgIpc) is 2.03. The van der Waals surface area contributed by atoms with Crippen molar-refractivity contribution >= 4 is 34.7 Å². The van der Waals surface area contributed by atoms with Crippen LogP contribution in [0, 0.1) is 13.7 Å². The standard InChI is InChI=1S/C6H3IN2O3/c7-4-1-5(3-10)8-6(2-4)9(11)12/h1-3H. The van der Waals surface area contributed by atoms with Crippen molar-refractivity contribution in [2.75, 3.05) is 0 Å². The molecule has 0 N–H and O–H groups in total. The molecule has 0 aromatic carbocycles. The van der Waals surface area contributed by atoms with Crippen molar-refractivity contribution in [1.82, 2.24) is 4.98 Å². The predicted molar refractivity (Wildman–Crippen MR) is 49.0 cm³/mol. The molecule has 1 rings (SSSR count). The molecule has 0 radical (unpaired) electrons. The summed E-state index contributed by atoms with van der Waals surface area (Å²) in [6.07, 6.45) is 0.481. The molecule has 0 aliphatic heterocycles. The maximum absolute atomic E-state index is 10.2. The van der Waals surface area contributed by atoms with E-state index in [1.165, 1.54) is 12.1 Å². The lowest BCUT2D eigenvalue weighted by molar-refractivity contribution is -0.389. The van der Waals surface area contributed by atoms with Gasteiger partial charge in [0.15, 0.2) is 6.29 Å². The van der Waals surface area contributed by atoms with Gasteiger partial charge in [0.2, 0.25) is 5.69 Å².